The number of nitrogens with zero attached hydrogens (tertiary/aromatic N) is 2. The molecule has 4 amide bonds. The summed E-state index contributed by atoms with van der Waals surface area (Å²) in [5, 5.41) is 3.14. The van der Waals surface area contributed by atoms with E-state index in [4.69, 9.17) is 4.74 Å². The number of aromatic nitrogens is 1. The molecule has 1 N–H and O–H groups in total. The molecule has 140 valence electrons. The Morgan fingerprint density at radius 3 is 2.61 bits per heavy atom. The Kier molecular flexibility index (Phi) is 4.19. The largest absolute Gasteiger partial charge is 0.497 e. The highest BCUT2D eigenvalue weighted by molar-refractivity contribution is 6.39. The Labute approximate surface area is 160 Å². The summed E-state index contributed by atoms with van der Waals surface area (Å²) in [6.07, 6.45) is 3.35. The number of amides is 4. The third-order valence-corrected chi connectivity index (χ3v) is 4.64. The first-order valence-electron chi connectivity index (χ1n) is 8.59. The molecule has 1 aliphatic heterocycles. The van der Waals surface area contributed by atoms with Crippen molar-refractivity contribution in [2.24, 2.45) is 7.05 Å². The van der Waals surface area contributed by atoms with E-state index < -0.39 is 17.8 Å². The molecule has 0 aliphatic carbocycles. The molecular weight excluding hydrogens is 358 g/mol. The van der Waals surface area contributed by atoms with Crippen LogP contribution in [0.4, 0.5) is 10.5 Å². The topological polar surface area (TPSA) is 80.6 Å². The fraction of sp³-hybridized carbons (Fsp3) is 0.0952. The number of para-hydroxylation sites is 1. The molecule has 1 aromatic heterocycles. The minimum atomic E-state index is -0.793. The van der Waals surface area contributed by atoms with Gasteiger partial charge in [0.2, 0.25) is 0 Å². The van der Waals surface area contributed by atoms with E-state index in [1.165, 1.54) is 13.2 Å². The predicted molar refractivity (Wildman–Crippen MR) is 105 cm³/mol. The Hall–Kier alpha value is -3.87. The SMILES string of the molecule is COc1cccc(N2C(=O)NC(=O)/C(=C\c3cn(C)c4ccccc34)C2=O)c1. The maximum Gasteiger partial charge on any atom is 0.335 e. The van der Waals surface area contributed by atoms with Crippen LogP contribution in [0, 0.1) is 0 Å². The van der Waals surface area contributed by atoms with E-state index in [-0.39, 0.29) is 5.57 Å². The van der Waals surface area contributed by atoms with Gasteiger partial charge >= 0.3 is 6.03 Å². The fourth-order valence-corrected chi connectivity index (χ4v) is 3.29. The van der Waals surface area contributed by atoms with E-state index in [0.717, 1.165) is 21.4 Å². The van der Waals surface area contributed by atoms with Crippen LogP contribution in [0.15, 0.2) is 60.3 Å². The first-order chi connectivity index (χ1) is 13.5. The lowest BCUT2D eigenvalue weighted by molar-refractivity contribution is -0.122. The number of urea groups is 1. The lowest BCUT2D eigenvalue weighted by atomic mass is 10.1. The van der Waals surface area contributed by atoms with Gasteiger partial charge in [-0.2, -0.15) is 0 Å². The lowest BCUT2D eigenvalue weighted by Crippen LogP contribution is -2.54. The number of nitrogens with one attached hydrogen (secondary N) is 1. The van der Waals surface area contributed by atoms with E-state index >= 15 is 0 Å². The van der Waals surface area contributed by atoms with Gasteiger partial charge in [-0.25, -0.2) is 9.69 Å². The van der Waals surface area contributed by atoms with Crippen LogP contribution in [0.5, 0.6) is 5.75 Å². The number of benzene rings is 2. The molecule has 0 spiro atoms. The number of anilines is 1. The van der Waals surface area contributed by atoms with Crippen LogP contribution < -0.4 is 15.0 Å². The van der Waals surface area contributed by atoms with Crippen molar-refractivity contribution in [1.29, 1.82) is 0 Å². The molecule has 0 bridgehead atoms. The Bertz CT molecular complexity index is 1160. The molecule has 28 heavy (non-hydrogen) atoms. The second-order valence-electron chi connectivity index (χ2n) is 6.37. The first kappa shape index (κ1) is 17.5. The van der Waals surface area contributed by atoms with Crippen molar-refractivity contribution in [3.05, 3.63) is 65.9 Å². The van der Waals surface area contributed by atoms with E-state index in [2.05, 4.69) is 5.32 Å². The molecule has 2 aromatic carbocycles. The molecule has 0 saturated carbocycles. The van der Waals surface area contributed by atoms with Gasteiger partial charge in [0.25, 0.3) is 11.8 Å². The molecule has 1 aliphatic rings. The highest BCUT2D eigenvalue weighted by atomic mass is 16.5. The number of aryl methyl sites for hydroxylation is 1. The lowest BCUT2D eigenvalue weighted by Gasteiger charge is -2.26. The normalized spacial score (nSPS) is 16.0. The summed E-state index contributed by atoms with van der Waals surface area (Å²) in [7, 11) is 3.38. The van der Waals surface area contributed by atoms with Crippen molar-refractivity contribution in [3.8, 4) is 5.75 Å². The van der Waals surface area contributed by atoms with Gasteiger partial charge in [0.15, 0.2) is 0 Å². The molecule has 0 unspecified atom stereocenters. The van der Waals surface area contributed by atoms with Crippen molar-refractivity contribution >= 4 is 40.5 Å². The highest BCUT2D eigenvalue weighted by Crippen LogP contribution is 2.27. The Morgan fingerprint density at radius 2 is 1.82 bits per heavy atom. The second kappa shape index (κ2) is 6.70. The zero-order valence-electron chi connectivity index (χ0n) is 15.3. The maximum atomic E-state index is 13.0. The van der Waals surface area contributed by atoms with Gasteiger partial charge in [-0.3, -0.25) is 14.9 Å². The van der Waals surface area contributed by atoms with Gasteiger partial charge in [0.1, 0.15) is 11.3 Å². The third kappa shape index (κ3) is 2.83. The number of imide groups is 2. The van der Waals surface area contributed by atoms with Crippen LogP contribution in [0.3, 0.4) is 0 Å². The number of carbonyl (C=O) groups is 3. The van der Waals surface area contributed by atoms with Crippen molar-refractivity contribution in [3.63, 3.8) is 0 Å². The van der Waals surface area contributed by atoms with E-state index in [1.54, 1.807) is 24.3 Å². The summed E-state index contributed by atoms with van der Waals surface area (Å²) in [5.41, 5.74) is 1.90. The number of barbiturate groups is 1. The van der Waals surface area contributed by atoms with Crippen molar-refractivity contribution < 1.29 is 19.1 Å². The first-order valence-corrected chi connectivity index (χ1v) is 8.59. The molecule has 7 nitrogen and oxygen atoms in total. The molecule has 0 atom stereocenters. The van der Waals surface area contributed by atoms with Gasteiger partial charge in [0.05, 0.1) is 12.8 Å². The monoisotopic (exact) mass is 375 g/mol. The predicted octanol–water partition coefficient (Wildman–Crippen LogP) is 2.85. The molecule has 3 aromatic rings. The van der Waals surface area contributed by atoms with Crippen molar-refractivity contribution in [1.82, 2.24) is 9.88 Å². The minimum Gasteiger partial charge on any atom is -0.497 e. The summed E-state index contributed by atoms with van der Waals surface area (Å²) in [6.45, 7) is 0. The van der Waals surface area contributed by atoms with Crippen LogP contribution in [0.25, 0.3) is 17.0 Å². The molecule has 4 rings (SSSR count). The van der Waals surface area contributed by atoms with Gasteiger partial charge < -0.3 is 9.30 Å². The van der Waals surface area contributed by atoms with E-state index in [9.17, 15) is 14.4 Å². The molecule has 2 heterocycles. The van der Waals surface area contributed by atoms with Gasteiger partial charge in [0, 0.05) is 35.8 Å². The fourth-order valence-electron chi connectivity index (χ4n) is 3.29. The number of hydrogen-bond acceptors (Lipinski definition) is 4. The average molecular weight is 375 g/mol. The number of methoxy groups -OCH3 is 1. The minimum absolute atomic E-state index is 0.112. The van der Waals surface area contributed by atoms with Gasteiger partial charge in [-0.05, 0) is 24.3 Å². The van der Waals surface area contributed by atoms with Crippen molar-refractivity contribution in [2.75, 3.05) is 12.0 Å². The summed E-state index contributed by atoms with van der Waals surface area (Å²) in [6, 6.07) is 13.4. The summed E-state index contributed by atoms with van der Waals surface area (Å²) in [4.78, 5) is 38.7. The van der Waals surface area contributed by atoms with E-state index in [0.29, 0.717) is 11.4 Å². The van der Waals surface area contributed by atoms with Gasteiger partial charge in [-0.1, -0.05) is 24.3 Å². The molecule has 0 radical (unpaired) electrons. The number of carbonyl (C=O) groups excluding carboxylic acids is 3. The summed E-state index contributed by atoms with van der Waals surface area (Å²) < 4.78 is 7.07. The summed E-state index contributed by atoms with van der Waals surface area (Å²) in [5.74, 6) is -0.911. The molecular formula is C21H17N3O4. The van der Waals surface area contributed by atoms with Gasteiger partial charge in [-0.15, -0.1) is 0 Å². The zero-order valence-corrected chi connectivity index (χ0v) is 15.3. The quantitative estimate of drug-likeness (QED) is 0.564. The summed E-state index contributed by atoms with van der Waals surface area (Å²) >= 11 is 0. The number of ether oxygens (including phenoxy) is 1. The number of fused-ring (bicyclic) bond motifs is 1. The van der Waals surface area contributed by atoms with Crippen LogP contribution >= 0.6 is 0 Å². The Balaban J connectivity index is 1.80. The molecule has 1 saturated heterocycles. The molecule has 1 fully saturated rings. The molecule has 7 heteroatoms. The number of rotatable bonds is 3. The highest BCUT2D eigenvalue weighted by Gasteiger charge is 2.37. The average Bonchev–Trinajstić information content (AvgIpc) is 3.01. The van der Waals surface area contributed by atoms with Crippen LogP contribution in [-0.2, 0) is 16.6 Å². The van der Waals surface area contributed by atoms with E-state index in [1.807, 2.05) is 42.1 Å². The smallest absolute Gasteiger partial charge is 0.335 e. The maximum absolute atomic E-state index is 13.0. The van der Waals surface area contributed by atoms with Crippen LogP contribution in [0.2, 0.25) is 0 Å². The second-order valence-corrected chi connectivity index (χ2v) is 6.37. The standard InChI is InChI=1S/C21H17N3O4/c1-23-12-13(16-8-3-4-9-18(16)23)10-17-19(25)22-21(27)24(20(17)26)14-6-5-7-15(11-14)28-2/h3-12H,1-2H3,(H,22,25,27)/b17-10+. The van der Waals surface area contributed by atoms with Crippen molar-refractivity contribution in [2.45, 2.75) is 0 Å². The zero-order chi connectivity index (χ0) is 19.8. The Morgan fingerprint density at radius 1 is 1.04 bits per heavy atom. The van der Waals surface area contributed by atoms with Crippen LogP contribution in [0.1, 0.15) is 5.56 Å². The third-order valence-electron chi connectivity index (χ3n) is 4.64. The number of hydrogen-bond donors (Lipinski definition) is 1. The van der Waals surface area contributed by atoms with Crippen LogP contribution in [-0.4, -0.2) is 29.5 Å².